The van der Waals surface area contributed by atoms with Gasteiger partial charge in [-0.2, -0.15) is 0 Å². The third kappa shape index (κ3) is 3.37. The highest BCUT2D eigenvalue weighted by Gasteiger charge is 2.22. The molecule has 0 bridgehead atoms. The molecule has 0 aliphatic carbocycles. The SMILES string of the molecule is CCC(C)(CC)CC(=O)NO. The first-order valence-electron chi connectivity index (χ1n) is 4.01. The molecule has 0 aromatic heterocycles. The van der Waals surface area contributed by atoms with Crippen LogP contribution in [0, 0.1) is 5.41 Å². The van der Waals surface area contributed by atoms with Crippen molar-refractivity contribution in [2.24, 2.45) is 5.41 Å². The molecule has 0 spiro atoms. The fourth-order valence-electron chi connectivity index (χ4n) is 0.927. The highest BCUT2D eigenvalue weighted by molar-refractivity contribution is 5.75. The van der Waals surface area contributed by atoms with Crippen LogP contribution < -0.4 is 5.48 Å². The lowest BCUT2D eigenvalue weighted by atomic mass is 9.81. The molecule has 0 aromatic rings. The second kappa shape index (κ2) is 4.34. The van der Waals surface area contributed by atoms with E-state index in [9.17, 15) is 4.79 Å². The van der Waals surface area contributed by atoms with Crippen molar-refractivity contribution in [3.05, 3.63) is 0 Å². The molecule has 0 heterocycles. The van der Waals surface area contributed by atoms with E-state index in [2.05, 4.69) is 0 Å². The van der Waals surface area contributed by atoms with E-state index in [4.69, 9.17) is 5.21 Å². The number of carbonyl (C=O) groups excluding carboxylic acids is 1. The molecule has 0 aromatic carbocycles. The van der Waals surface area contributed by atoms with Gasteiger partial charge in [0, 0.05) is 6.42 Å². The van der Waals surface area contributed by atoms with Gasteiger partial charge in [0.25, 0.3) is 0 Å². The predicted octanol–water partition coefficient (Wildman–Crippen LogP) is 1.71. The summed E-state index contributed by atoms with van der Waals surface area (Å²) in [5.74, 6) is -0.295. The van der Waals surface area contributed by atoms with Gasteiger partial charge in [-0.25, -0.2) is 5.48 Å². The third-order valence-electron chi connectivity index (χ3n) is 2.42. The molecular formula is C8H17NO2. The average Bonchev–Trinajstić information content (AvgIpc) is 2.04. The van der Waals surface area contributed by atoms with Crippen molar-refractivity contribution in [3.8, 4) is 0 Å². The standard InChI is InChI=1S/C8H17NO2/c1-4-8(3,5-2)6-7(10)9-11/h11H,4-6H2,1-3H3,(H,9,10). The quantitative estimate of drug-likeness (QED) is 0.484. The Morgan fingerprint density at radius 3 is 2.18 bits per heavy atom. The topological polar surface area (TPSA) is 49.3 Å². The van der Waals surface area contributed by atoms with E-state index in [-0.39, 0.29) is 11.3 Å². The molecule has 0 atom stereocenters. The molecule has 66 valence electrons. The zero-order valence-corrected chi connectivity index (χ0v) is 7.48. The highest BCUT2D eigenvalue weighted by Crippen LogP contribution is 2.28. The first-order chi connectivity index (χ1) is 5.08. The van der Waals surface area contributed by atoms with Gasteiger partial charge in [0.05, 0.1) is 0 Å². The number of rotatable bonds is 4. The smallest absolute Gasteiger partial charge is 0.243 e. The lowest BCUT2D eigenvalue weighted by Gasteiger charge is -2.24. The fourth-order valence-corrected chi connectivity index (χ4v) is 0.927. The molecule has 0 aliphatic rings. The number of amides is 1. The minimum atomic E-state index is -0.295. The summed E-state index contributed by atoms with van der Waals surface area (Å²) in [6.45, 7) is 6.14. The summed E-state index contributed by atoms with van der Waals surface area (Å²) in [5.41, 5.74) is 1.68. The Labute approximate surface area is 67.8 Å². The fraction of sp³-hybridized carbons (Fsp3) is 0.875. The number of nitrogens with one attached hydrogen (secondary N) is 1. The van der Waals surface area contributed by atoms with Crippen molar-refractivity contribution in [2.45, 2.75) is 40.0 Å². The second-order valence-electron chi connectivity index (χ2n) is 3.23. The molecule has 0 radical (unpaired) electrons. The summed E-state index contributed by atoms with van der Waals surface area (Å²) in [5, 5.41) is 8.29. The molecule has 0 fully saturated rings. The lowest BCUT2D eigenvalue weighted by Crippen LogP contribution is -2.27. The first-order valence-corrected chi connectivity index (χ1v) is 4.01. The summed E-state index contributed by atoms with van der Waals surface area (Å²) in [6.07, 6.45) is 2.31. The Bertz CT molecular complexity index is 130. The van der Waals surface area contributed by atoms with Crippen LogP contribution in [-0.4, -0.2) is 11.1 Å². The van der Waals surface area contributed by atoms with Crippen molar-refractivity contribution in [1.82, 2.24) is 5.48 Å². The van der Waals surface area contributed by atoms with Crippen LogP contribution in [0.2, 0.25) is 0 Å². The Balaban J connectivity index is 3.96. The Morgan fingerprint density at radius 1 is 1.45 bits per heavy atom. The van der Waals surface area contributed by atoms with Crippen LogP contribution in [-0.2, 0) is 4.79 Å². The molecule has 0 saturated heterocycles. The van der Waals surface area contributed by atoms with Crippen LogP contribution in [0.15, 0.2) is 0 Å². The summed E-state index contributed by atoms with van der Waals surface area (Å²) in [6, 6.07) is 0. The van der Waals surface area contributed by atoms with E-state index in [0.29, 0.717) is 6.42 Å². The van der Waals surface area contributed by atoms with Crippen LogP contribution in [0.5, 0.6) is 0 Å². The summed E-state index contributed by atoms with van der Waals surface area (Å²) in [7, 11) is 0. The Hall–Kier alpha value is -0.570. The van der Waals surface area contributed by atoms with Crippen LogP contribution in [0.3, 0.4) is 0 Å². The molecular weight excluding hydrogens is 142 g/mol. The van der Waals surface area contributed by atoms with Crippen molar-refractivity contribution in [1.29, 1.82) is 0 Å². The van der Waals surface area contributed by atoms with E-state index in [1.165, 1.54) is 0 Å². The van der Waals surface area contributed by atoms with Crippen LogP contribution >= 0.6 is 0 Å². The van der Waals surface area contributed by atoms with Crippen molar-refractivity contribution in [3.63, 3.8) is 0 Å². The minimum absolute atomic E-state index is 0.0345. The minimum Gasteiger partial charge on any atom is -0.289 e. The summed E-state index contributed by atoms with van der Waals surface area (Å²) in [4.78, 5) is 10.8. The summed E-state index contributed by atoms with van der Waals surface area (Å²) < 4.78 is 0. The third-order valence-corrected chi connectivity index (χ3v) is 2.42. The van der Waals surface area contributed by atoms with Gasteiger partial charge in [0.15, 0.2) is 0 Å². The monoisotopic (exact) mass is 159 g/mol. The molecule has 2 N–H and O–H groups in total. The van der Waals surface area contributed by atoms with Gasteiger partial charge in [-0.1, -0.05) is 33.6 Å². The maximum atomic E-state index is 10.8. The normalized spacial score (nSPS) is 11.3. The molecule has 1 amide bonds. The van der Waals surface area contributed by atoms with Gasteiger partial charge in [-0.05, 0) is 5.41 Å². The number of hydrogen-bond acceptors (Lipinski definition) is 2. The lowest BCUT2D eigenvalue weighted by molar-refractivity contribution is -0.131. The van der Waals surface area contributed by atoms with Gasteiger partial charge in [-0.3, -0.25) is 10.0 Å². The number of hydrogen-bond donors (Lipinski definition) is 2. The molecule has 0 aliphatic heterocycles. The van der Waals surface area contributed by atoms with E-state index >= 15 is 0 Å². The van der Waals surface area contributed by atoms with Crippen LogP contribution in [0.1, 0.15) is 40.0 Å². The van der Waals surface area contributed by atoms with Gasteiger partial charge in [0.2, 0.25) is 5.91 Å². The zero-order valence-electron chi connectivity index (χ0n) is 7.48. The van der Waals surface area contributed by atoms with Gasteiger partial charge in [0.1, 0.15) is 0 Å². The molecule has 11 heavy (non-hydrogen) atoms. The van der Waals surface area contributed by atoms with E-state index in [0.717, 1.165) is 12.8 Å². The van der Waals surface area contributed by atoms with E-state index in [1.807, 2.05) is 20.8 Å². The van der Waals surface area contributed by atoms with Crippen molar-refractivity contribution >= 4 is 5.91 Å². The maximum Gasteiger partial charge on any atom is 0.243 e. The zero-order chi connectivity index (χ0) is 8.91. The molecule has 3 nitrogen and oxygen atoms in total. The molecule has 0 saturated carbocycles. The maximum absolute atomic E-state index is 10.8. The summed E-state index contributed by atoms with van der Waals surface area (Å²) >= 11 is 0. The van der Waals surface area contributed by atoms with E-state index in [1.54, 1.807) is 5.48 Å². The van der Waals surface area contributed by atoms with Crippen molar-refractivity contribution in [2.75, 3.05) is 0 Å². The van der Waals surface area contributed by atoms with Crippen LogP contribution in [0.25, 0.3) is 0 Å². The van der Waals surface area contributed by atoms with E-state index < -0.39 is 0 Å². The van der Waals surface area contributed by atoms with Crippen LogP contribution in [0.4, 0.5) is 0 Å². The molecule has 3 heteroatoms. The van der Waals surface area contributed by atoms with Crippen molar-refractivity contribution < 1.29 is 10.0 Å². The molecule has 0 rings (SSSR count). The van der Waals surface area contributed by atoms with Gasteiger partial charge < -0.3 is 0 Å². The Kier molecular flexibility index (Phi) is 4.11. The van der Waals surface area contributed by atoms with Gasteiger partial charge in [-0.15, -0.1) is 0 Å². The predicted molar refractivity (Wildman–Crippen MR) is 43.2 cm³/mol. The second-order valence-corrected chi connectivity index (χ2v) is 3.23. The Morgan fingerprint density at radius 2 is 1.91 bits per heavy atom. The number of carbonyl (C=O) groups is 1. The number of hydroxylamine groups is 1. The average molecular weight is 159 g/mol. The van der Waals surface area contributed by atoms with Gasteiger partial charge >= 0.3 is 0 Å². The molecule has 0 unspecified atom stereocenters. The highest BCUT2D eigenvalue weighted by atomic mass is 16.5. The first kappa shape index (κ1) is 10.4. The largest absolute Gasteiger partial charge is 0.289 e.